The molecule has 3 aromatic rings. The molecule has 1 saturated heterocycles. The van der Waals surface area contributed by atoms with Gasteiger partial charge in [0.05, 0.1) is 11.6 Å². The van der Waals surface area contributed by atoms with Gasteiger partial charge in [0, 0.05) is 30.1 Å². The maximum atomic E-state index is 13.0. The lowest BCUT2D eigenvalue weighted by atomic mass is 9.92. The van der Waals surface area contributed by atoms with Gasteiger partial charge in [0.1, 0.15) is 0 Å². The molecule has 0 unspecified atom stereocenters. The lowest BCUT2D eigenvalue weighted by Crippen LogP contribution is -2.40. The predicted molar refractivity (Wildman–Crippen MR) is 93.6 cm³/mol. The van der Waals surface area contributed by atoms with Crippen molar-refractivity contribution in [2.24, 2.45) is 0 Å². The number of benzene rings is 1. The van der Waals surface area contributed by atoms with E-state index in [4.69, 9.17) is 0 Å². The molecule has 7 heteroatoms. The lowest BCUT2D eigenvalue weighted by Gasteiger charge is -2.32. The summed E-state index contributed by atoms with van der Waals surface area (Å²) in [7, 11) is 0. The number of nitrogens with zero attached hydrogens (tertiary/aromatic N) is 3. The number of carbonyl (C=O) groups excluding carboxylic acids is 1. The van der Waals surface area contributed by atoms with E-state index in [9.17, 15) is 9.59 Å². The van der Waals surface area contributed by atoms with Gasteiger partial charge in [-0.05, 0) is 31.4 Å². The molecule has 1 aliphatic rings. The van der Waals surface area contributed by atoms with Gasteiger partial charge < -0.3 is 4.90 Å². The molecule has 0 aliphatic carbocycles. The summed E-state index contributed by atoms with van der Waals surface area (Å²) in [6, 6.07) is 7.07. The number of H-pyrrole nitrogens is 2. The second-order valence-corrected chi connectivity index (χ2v) is 6.50. The third kappa shape index (κ3) is 2.71. The van der Waals surface area contributed by atoms with Gasteiger partial charge in [0.2, 0.25) is 0 Å². The topological polar surface area (TPSA) is 94.7 Å². The summed E-state index contributed by atoms with van der Waals surface area (Å²) in [5, 5.41) is 14.7. The van der Waals surface area contributed by atoms with Gasteiger partial charge in [-0.2, -0.15) is 10.2 Å². The number of nitrogens with one attached hydrogen (secondary N) is 2. The molecule has 1 aliphatic heterocycles. The van der Waals surface area contributed by atoms with Crippen LogP contribution in [0.4, 0.5) is 0 Å². The number of aromatic amines is 2. The minimum absolute atomic E-state index is 0.144. The van der Waals surface area contributed by atoms with Crippen LogP contribution in [0.15, 0.2) is 35.3 Å². The van der Waals surface area contributed by atoms with Crippen LogP contribution < -0.4 is 5.56 Å². The first-order valence-corrected chi connectivity index (χ1v) is 8.41. The summed E-state index contributed by atoms with van der Waals surface area (Å²) in [4.78, 5) is 26.8. The molecule has 0 bridgehead atoms. The van der Waals surface area contributed by atoms with E-state index in [0.717, 1.165) is 24.1 Å². The largest absolute Gasteiger partial charge is 0.337 e. The first kappa shape index (κ1) is 15.6. The van der Waals surface area contributed by atoms with Gasteiger partial charge in [-0.15, -0.1) is 0 Å². The van der Waals surface area contributed by atoms with E-state index in [1.54, 1.807) is 18.2 Å². The summed E-state index contributed by atoms with van der Waals surface area (Å²) >= 11 is 0. The Morgan fingerprint density at radius 3 is 2.80 bits per heavy atom. The average molecular weight is 337 g/mol. The Kier molecular flexibility index (Phi) is 3.83. The molecule has 0 spiro atoms. The molecule has 2 aromatic heterocycles. The molecule has 0 saturated carbocycles. The molecule has 1 amide bonds. The van der Waals surface area contributed by atoms with Gasteiger partial charge in [-0.1, -0.05) is 18.2 Å². The van der Waals surface area contributed by atoms with Gasteiger partial charge >= 0.3 is 0 Å². The Morgan fingerprint density at radius 2 is 2.04 bits per heavy atom. The van der Waals surface area contributed by atoms with Gasteiger partial charge in [-0.25, -0.2) is 5.10 Å². The van der Waals surface area contributed by atoms with E-state index in [-0.39, 0.29) is 17.4 Å². The Labute approximate surface area is 144 Å². The van der Waals surface area contributed by atoms with E-state index in [0.29, 0.717) is 29.6 Å². The maximum Gasteiger partial charge on any atom is 0.274 e. The molecule has 1 atom stereocenters. The quantitative estimate of drug-likeness (QED) is 0.747. The summed E-state index contributed by atoms with van der Waals surface area (Å²) in [6.07, 6.45) is 3.76. The van der Waals surface area contributed by atoms with Crippen molar-refractivity contribution < 1.29 is 4.79 Å². The van der Waals surface area contributed by atoms with Crippen molar-refractivity contribution in [3.8, 4) is 0 Å². The fourth-order valence-corrected chi connectivity index (χ4v) is 3.59. The summed E-state index contributed by atoms with van der Waals surface area (Å²) in [5.74, 6) is 0.101. The second kappa shape index (κ2) is 6.16. The molecule has 4 rings (SSSR count). The predicted octanol–water partition coefficient (Wildman–Crippen LogP) is 1.97. The summed E-state index contributed by atoms with van der Waals surface area (Å²) in [6.45, 7) is 3.34. The van der Waals surface area contributed by atoms with Crippen LogP contribution in [0.2, 0.25) is 0 Å². The molecule has 7 nitrogen and oxygen atoms in total. The van der Waals surface area contributed by atoms with Gasteiger partial charge in [0.25, 0.3) is 11.5 Å². The smallest absolute Gasteiger partial charge is 0.274 e. The van der Waals surface area contributed by atoms with Crippen LogP contribution in [-0.2, 0) is 0 Å². The van der Waals surface area contributed by atoms with Crippen LogP contribution >= 0.6 is 0 Å². The van der Waals surface area contributed by atoms with Crippen LogP contribution in [0, 0.1) is 6.92 Å². The van der Waals surface area contributed by atoms with Crippen molar-refractivity contribution in [1.29, 1.82) is 0 Å². The summed E-state index contributed by atoms with van der Waals surface area (Å²) in [5.41, 5.74) is 2.23. The van der Waals surface area contributed by atoms with Crippen molar-refractivity contribution in [3.63, 3.8) is 0 Å². The second-order valence-electron chi connectivity index (χ2n) is 6.50. The maximum absolute atomic E-state index is 13.0. The van der Waals surface area contributed by atoms with Crippen LogP contribution in [0.1, 0.15) is 40.5 Å². The fourth-order valence-electron chi connectivity index (χ4n) is 3.59. The van der Waals surface area contributed by atoms with E-state index in [1.807, 2.05) is 24.1 Å². The first-order chi connectivity index (χ1) is 12.1. The molecular weight excluding hydrogens is 318 g/mol. The van der Waals surface area contributed by atoms with Crippen LogP contribution in [0.25, 0.3) is 10.8 Å². The molecule has 3 heterocycles. The fraction of sp³-hybridized carbons (Fsp3) is 0.333. The van der Waals surface area contributed by atoms with E-state index in [2.05, 4.69) is 20.4 Å². The van der Waals surface area contributed by atoms with Crippen LogP contribution in [0.5, 0.6) is 0 Å². The standard InChI is InChI=1S/C18H19N5O2/c1-11-9-19-20-15(11)12-5-4-8-23(10-12)18(25)16-13-6-2-3-7-14(13)17(24)22-21-16/h2-3,6-7,9,12H,4-5,8,10H2,1H3,(H,19,20)(H,22,24)/t12-/m1/s1. The van der Waals surface area contributed by atoms with Crippen molar-refractivity contribution >= 4 is 16.7 Å². The number of piperidine rings is 1. The van der Waals surface area contributed by atoms with Crippen molar-refractivity contribution in [3.05, 3.63) is 57.8 Å². The molecule has 2 N–H and O–H groups in total. The highest BCUT2D eigenvalue weighted by Crippen LogP contribution is 2.28. The van der Waals surface area contributed by atoms with E-state index in [1.165, 1.54) is 0 Å². The van der Waals surface area contributed by atoms with Crippen molar-refractivity contribution in [2.45, 2.75) is 25.7 Å². The van der Waals surface area contributed by atoms with Gasteiger partial charge in [0.15, 0.2) is 5.69 Å². The number of rotatable bonds is 2. The third-order valence-corrected chi connectivity index (χ3v) is 4.88. The average Bonchev–Trinajstić information content (AvgIpc) is 3.08. The highest BCUT2D eigenvalue weighted by Gasteiger charge is 2.29. The normalized spacial score (nSPS) is 17.8. The van der Waals surface area contributed by atoms with E-state index < -0.39 is 0 Å². The molecule has 25 heavy (non-hydrogen) atoms. The Hall–Kier alpha value is -2.96. The zero-order chi connectivity index (χ0) is 17.4. The molecule has 1 fully saturated rings. The SMILES string of the molecule is Cc1cn[nH]c1[C@@H]1CCCN(C(=O)c2n[nH]c(=O)c3ccccc23)C1. The minimum Gasteiger partial charge on any atom is -0.337 e. The highest BCUT2D eigenvalue weighted by molar-refractivity contribution is 6.04. The Bertz CT molecular complexity index is 990. The zero-order valence-corrected chi connectivity index (χ0v) is 14.0. The number of likely N-dealkylation sites (tertiary alicyclic amines) is 1. The number of hydrogen-bond acceptors (Lipinski definition) is 4. The van der Waals surface area contributed by atoms with Gasteiger partial charge in [-0.3, -0.25) is 14.7 Å². The number of amides is 1. The molecule has 0 radical (unpaired) electrons. The Morgan fingerprint density at radius 1 is 1.24 bits per heavy atom. The lowest BCUT2D eigenvalue weighted by molar-refractivity contribution is 0.0700. The van der Waals surface area contributed by atoms with Crippen molar-refractivity contribution in [1.82, 2.24) is 25.3 Å². The number of aromatic nitrogens is 4. The monoisotopic (exact) mass is 337 g/mol. The Balaban J connectivity index is 1.66. The third-order valence-electron chi connectivity index (χ3n) is 4.88. The first-order valence-electron chi connectivity index (χ1n) is 8.41. The van der Waals surface area contributed by atoms with Crippen molar-refractivity contribution in [2.75, 3.05) is 13.1 Å². The minimum atomic E-state index is -0.281. The number of aryl methyl sites for hydroxylation is 1. The van der Waals surface area contributed by atoms with E-state index >= 15 is 0 Å². The number of hydrogen-bond donors (Lipinski definition) is 2. The molecular formula is C18H19N5O2. The highest BCUT2D eigenvalue weighted by atomic mass is 16.2. The number of fused-ring (bicyclic) bond motifs is 1. The summed E-state index contributed by atoms with van der Waals surface area (Å²) < 4.78 is 0. The molecule has 128 valence electrons. The van der Waals surface area contributed by atoms with Crippen LogP contribution in [-0.4, -0.2) is 44.3 Å². The molecule has 1 aromatic carbocycles. The van der Waals surface area contributed by atoms with Crippen LogP contribution in [0.3, 0.4) is 0 Å². The number of carbonyl (C=O) groups is 1. The zero-order valence-electron chi connectivity index (χ0n) is 14.0.